The first-order valence-electron chi connectivity index (χ1n) is 9.46. The van der Waals surface area contributed by atoms with Gasteiger partial charge in [-0.3, -0.25) is 4.90 Å². The first-order valence-corrected chi connectivity index (χ1v) is 12.0. The van der Waals surface area contributed by atoms with E-state index in [1.165, 1.54) is 12.0 Å². The molecule has 0 fully saturated rings. The third-order valence-electron chi connectivity index (χ3n) is 4.95. The van der Waals surface area contributed by atoms with Crippen LogP contribution in [0.1, 0.15) is 29.1 Å². The second kappa shape index (κ2) is 9.67. The molecule has 0 radical (unpaired) electrons. The van der Waals surface area contributed by atoms with E-state index in [-0.39, 0.29) is 23.6 Å². The van der Waals surface area contributed by atoms with Crippen LogP contribution >= 0.6 is 11.3 Å². The first kappa shape index (κ1) is 21.7. The molecule has 0 N–H and O–H groups in total. The van der Waals surface area contributed by atoms with Crippen molar-refractivity contribution < 1.29 is 13.2 Å². The van der Waals surface area contributed by atoms with Crippen molar-refractivity contribution in [2.45, 2.75) is 31.2 Å². The van der Waals surface area contributed by atoms with Gasteiger partial charge < -0.3 is 9.30 Å². The highest BCUT2D eigenvalue weighted by atomic mass is 32.2. The lowest BCUT2D eigenvalue weighted by Gasteiger charge is -2.24. The fourth-order valence-electron chi connectivity index (χ4n) is 3.12. The third kappa shape index (κ3) is 5.33. The van der Waals surface area contributed by atoms with Gasteiger partial charge in [-0.05, 0) is 31.0 Å². The highest BCUT2D eigenvalue weighted by molar-refractivity contribution is 7.91. The van der Waals surface area contributed by atoms with E-state index in [9.17, 15) is 8.42 Å². The standard InChI is InChI=1S/C21H27N3O3S2/c1-17(20-10-7-12-28-20)23(2)16-19-14-22-21(29(25,26)13-11-27-3)24(19)15-18-8-5-4-6-9-18/h4-10,12,14,17H,11,13,15-16H2,1-3H3. The van der Waals surface area contributed by atoms with Gasteiger partial charge in [0.05, 0.1) is 30.8 Å². The third-order valence-corrected chi connectivity index (χ3v) is 7.58. The minimum atomic E-state index is -3.54. The fraction of sp³-hybridized carbons (Fsp3) is 0.381. The molecule has 0 aliphatic heterocycles. The summed E-state index contributed by atoms with van der Waals surface area (Å²) >= 11 is 1.72. The van der Waals surface area contributed by atoms with Gasteiger partial charge in [0.2, 0.25) is 15.0 Å². The fourth-order valence-corrected chi connectivity index (χ4v) is 5.27. The van der Waals surface area contributed by atoms with Crippen molar-refractivity contribution in [2.75, 3.05) is 26.5 Å². The number of nitrogens with zero attached hydrogens (tertiary/aromatic N) is 3. The van der Waals surface area contributed by atoms with Gasteiger partial charge in [0.15, 0.2) is 0 Å². The molecule has 0 saturated carbocycles. The maximum absolute atomic E-state index is 12.8. The molecule has 2 aromatic heterocycles. The molecule has 3 aromatic rings. The molecule has 8 heteroatoms. The van der Waals surface area contributed by atoms with Crippen molar-refractivity contribution in [3.05, 3.63) is 70.2 Å². The van der Waals surface area contributed by atoms with Crippen LogP contribution in [-0.2, 0) is 27.7 Å². The molecule has 0 bridgehead atoms. The van der Waals surface area contributed by atoms with Gasteiger partial charge in [-0.15, -0.1) is 11.3 Å². The second-order valence-corrected chi connectivity index (χ2v) is 10.0. The summed E-state index contributed by atoms with van der Waals surface area (Å²) in [5, 5.41) is 2.17. The molecular weight excluding hydrogens is 406 g/mol. The Morgan fingerprint density at radius 3 is 2.62 bits per heavy atom. The maximum atomic E-state index is 12.8. The first-order chi connectivity index (χ1) is 13.9. The molecule has 0 aliphatic rings. The number of hydrogen-bond donors (Lipinski definition) is 0. The second-order valence-electron chi connectivity index (χ2n) is 7.02. The molecule has 29 heavy (non-hydrogen) atoms. The summed E-state index contributed by atoms with van der Waals surface area (Å²) in [7, 11) is 0.00211. The van der Waals surface area contributed by atoms with E-state index < -0.39 is 9.84 Å². The number of rotatable bonds is 10. The topological polar surface area (TPSA) is 64.4 Å². The van der Waals surface area contributed by atoms with E-state index in [1.54, 1.807) is 17.5 Å². The number of sulfone groups is 1. The molecule has 0 spiro atoms. The van der Waals surface area contributed by atoms with Crippen LogP contribution in [-0.4, -0.2) is 49.4 Å². The van der Waals surface area contributed by atoms with E-state index in [1.807, 2.05) is 48.0 Å². The van der Waals surface area contributed by atoms with Crippen LogP contribution < -0.4 is 0 Å². The van der Waals surface area contributed by atoms with Crippen LogP contribution in [0.4, 0.5) is 0 Å². The smallest absolute Gasteiger partial charge is 0.228 e. The Labute approximate surface area is 176 Å². The number of aromatic nitrogens is 2. The molecular formula is C21H27N3O3S2. The van der Waals surface area contributed by atoms with E-state index in [4.69, 9.17) is 4.74 Å². The van der Waals surface area contributed by atoms with Crippen LogP contribution in [0.25, 0.3) is 0 Å². The summed E-state index contributed by atoms with van der Waals surface area (Å²) in [5.74, 6) is -0.0871. The lowest BCUT2D eigenvalue weighted by Crippen LogP contribution is -2.24. The number of thiophene rings is 1. The summed E-state index contributed by atoms with van der Waals surface area (Å²) in [5.41, 5.74) is 1.90. The summed E-state index contributed by atoms with van der Waals surface area (Å²) < 4.78 is 32.5. The minimum Gasteiger partial charge on any atom is -0.384 e. The minimum absolute atomic E-state index is 0.0871. The quantitative estimate of drug-likeness (QED) is 0.489. The van der Waals surface area contributed by atoms with E-state index in [0.717, 1.165) is 11.3 Å². The van der Waals surface area contributed by atoms with Gasteiger partial charge >= 0.3 is 0 Å². The average Bonchev–Trinajstić information content (AvgIpc) is 3.38. The van der Waals surface area contributed by atoms with Gasteiger partial charge in [-0.25, -0.2) is 13.4 Å². The number of hydrogen-bond acceptors (Lipinski definition) is 6. The van der Waals surface area contributed by atoms with Crippen LogP contribution in [0.5, 0.6) is 0 Å². The summed E-state index contributed by atoms with van der Waals surface area (Å²) in [6.07, 6.45) is 1.68. The van der Waals surface area contributed by atoms with Crippen LogP contribution in [0.2, 0.25) is 0 Å². The largest absolute Gasteiger partial charge is 0.384 e. The van der Waals surface area contributed by atoms with Gasteiger partial charge in [-0.1, -0.05) is 36.4 Å². The van der Waals surface area contributed by atoms with E-state index in [0.29, 0.717) is 13.1 Å². The predicted octanol–water partition coefficient (Wildman–Crippen LogP) is 3.61. The van der Waals surface area contributed by atoms with Crippen LogP contribution in [0.15, 0.2) is 59.2 Å². The molecule has 0 aliphatic carbocycles. The van der Waals surface area contributed by atoms with Crippen molar-refractivity contribution in [1.82, 2.24) is 14.5 Å². The van der Waals surface area contributed by atoms with Crippen LogP contribution in [0.3, 0.4) is 0 Å². The number of benzene rings is 1. The molecule has 1 aromatic carbocycles. The van der Waals surface area contributed by atoms with Gasteiger partial charge in [0.25, 0.3) is 0 Å². The molecule has 0 amide bonds. The van der Waals surface area contributed by atoms with Gasteiger partial charge in [0.1, 0.15) is 0 Å². The highest BCUT2D eigenvalue weighted by Gasteiger charge is 2.24. The zero-order chi connectivity index (χ0) is 20.9. The van der Waals surface area contributed by atoms with Crippen molar-refractivity contribution in [2.24, 2.45) is 0 Å². The lowest BCUT2D eigenvalue weighted by molar-refractivity contribution is 0.217. The highest BCUT2D eigenvalue weighted by Crippen LogP contribution is 2.26. The Morgan fingerprint density at radius 1 is 1.21 bits per heavy atom. The Hall–Kier alpha value is -2.00. The number of methoxy groups -OCH3 is 1. The zero-order valence-electron chi connectivity index (χ0n) is 17.0. The Bertz CT molecular complexity index is 999. The summed E-state index contributed by atoms with van der Waals surface area (Å²) in [6, 6.07) is 14.2. The molecule has 2 heterocycles. The maximum Gasteiger partial charge on any atom is 0.228 e. The number of imidazole rings is 1. The SMILES string of the molecule is COCCS(=O)(=O)c1ncc(CN(C)C(C)c2cccs2)n1Cc1ccccc1. The molecule has 3 rings (SSSR count). The molecule has 0 saturated heterocycles. The van der Waals surface area contributed by atoms with E-state index >= 15 is 0 Å². The van der Waals surface area contributed by atoms with E-state index in [2.05, 4.69) is 28.3 Å². The Kier molecular flexibility index (Phi) is 7.23. The Morgan fingerprint density at radius 2 is 1.97 bits per heavy atom. The molecule has 156 valence electrons. The molecule has 6 nitrogen and oxygen atoms in total. The monoisotopic (exact) mass is 433 g/mol. The van der Waals surface area contributed by atoms with Crippen molar-refractivity contribution in [3.63, 3.8) is 0 Å². The van der Waals surface area contributed by atoms with Crippen molar-refractivity contribution in [1.29, 1.82) is 0 Å². The molecule has 1 atom stereocenters. The number of ether oxygens (including phenoxy) is 1. The van der Waals surface area contributed by atoms with Crippen molar-refractivity contribution >= 4 is 21.2 Å². The predicted molar refractivity (Wildman–Crippen MR) is 116 cm³/mol. The normalized spacial score (nSPS) is 13.1. The summed E-state index contributed by atoms with van der Waals surface area (Å²) in [4.78, 5) is 7.78. The summed E-state index contributed by atoms with van der Waals surface area (Å²) in [6.45, 7) is 3.35. The Balaban J connectivity index is 1.91. The zero-order valence-corrected chi connectivity index (χ0v) is 18.6. The average molecular weight is 434 g/mol. The van der Waals surface area contributed by atoms with Gasteiger partial charge in [-0.2, -0.15) is 0 Å². The lowest BCUT2D eigenvalue weighted by atomic mass is 10.2. The van der Waals surface area contributed by atoms with Crippen LogP contribution in [0, 0.1) is 0 Å². The van der Waals surface area contributed by atoms with Gasteiger partial charge in [0, 0.05) is 24.6 Å². The molecule has 1 unspecified atom stereocenters. The van der Waals surface area contributed by atoms with Crippen molar-refractivity contribution in [3.8, 4) is 0 Å².